The van der Waals surface area contributed by atoms with Gasteiger partial charge in [-0.2, -0.15) is 8.42 Å². The molecule has 3 nitrogen and oxygen atoms in total. The van der Waals surface area contributed by atoms with Crippen molar-refractivity contribution in [3.8, 4) is 0 Å². The van der Waals surface area contributed by atoms with E-state index in [0.717, 1.165) is 4.90 Å². The van der Waals surface area contributed by atoms with E-state index in [1.165, 1.54) is 11.8 Å². The van der Waals surface area contributed by atoms with Gasteiger partial charge in [-0.3, -0.25) is 4.55 Å². The summed E-state index contributed by atoms with van der Waals surface area (Å²) in [5, 5.41) is 0. The molecule has 0 saturated carbocycles. The van der Waals surface area contributed by atoms with Crippen molar-refractivity contribution < 1.29 is 13.0 Å². The van der Waals surface area contributed by atoms with Crippen LogP contribution in [0.5, 0.6) is 0 Å². The molecular formula is C8H11NaO3S2. The first-order valence-electron chi connectivity index (χ1n) is 3.71. The molecule has 0 saturated heterocycles. The predicted octanol–water partition coefficient (Wildman–Crippen LogP) is 1.02. The molecular weight excluding hydrogens is 231 g/mol. The van der Waals surface area contributed by atoms with Crippen molar-refractivity contribution in [3.63, 3.8) is 0 Å². The van der Waals surface area contributed by atoms with Gasteiger partial charge in [-0.25, -0.2) is 0 Å². The van der Waals surface area contributed by atoms with E-state index in [-0.39, 0.29) is 35.3 Å². The summed E-state index contributed by atoms with van der Waals surface area (Å²) in [6.45, 7) is 0. The van der Waals surface area contributed by atoms with Gasteiger partial charge in [-0.05, 0) is 12.1 Å². The van der Waals surface area contributed by atoms with Crippen LogP contribution >= 0.6 is 11.8 Å². The standard InChI is InChI=1S/C8H10O3S2.Na.H/c9-13(10,11)7-6-12-8-4-2-1-3-5-8;;/h1-5H,6-7H2,(H,9,10,11);;. The second-order valence-electron chi connectivity index (χ2n) is 2.45. The van der Waals surface area contributed by atoms with Crippen LogP contribution in [0.2, 0.25) is 0 Å². The van der Waals surface area contributed by atoms with Crippen LogP contribution in [-0.4, -0.2) is 54.0 Å². The maximum absolute atomic E-state index is 10.4. The average molecular weight is 242 g/mol. The number of hydrogen-bond donors (Lipinski definition) is 1. The molecule has 1 rings (SSSR count). The molecule has 0 radical (unpaired) electrons. The zero-order valence-corrected chi connectivity index (χ0v) is 8.51. The third-order valence-corrected chi connectivity index (χ3v) is 3.35. The van der Waals surface area contributed by atoms with E-state index < -0.39 is 10.1 Å². The molecule has 0 heterocycles. The molecule has 0 spiro atoms. The first-order valence-corrected chi connectivity index (χ1v) is 6.30. The second kappa shape index (κ2) is 6.87. The van der Waals surface area contributed by atoms with Crippen molar-refractivity contribution in [2.45, 2.75) is 4.90 Å². The molecule has 74 valence electrons. The van der Waals surface area contributed by atoms with Gasteiger partial charge in [-0.15, -0.1) is 11.8 Å². The molecule has 0 unspecified atom stereocenters. The van der Waals surface area contributed by atoms with Gasteiger partial charge in [0.15, 0.2) is 0 Å². The summed E-state index contributed by atoms with van der Waals surface area (Å²) < 4.78 is 29.2. The molecule has 0 atom stereocenters. The summed E-state index contributed by atoms with van der Waals surface area (Å²) in [5.74, 6) is 0.176. The second-order valence-corrected chi connectivity index (χ2v) is 5.19. The van der Waals surface area contributed by atoms with Crippen molar-refractivity contribution in [3.05, 3.63) is 30.3 Å². The van der Waals surface area contributed by atoms with Gasteiger partial charge in [0, 0.05) is 10.6 Å². The normalized spacial score (nSPS) is 10.6. The molecule has 14 heavy (non-hydrogen) atoms. The Labute approximate surface area is 110 Å². The molecule has 0 bridgehead atoms. The Morgan fingerprint density at radius 1 is 1.21 bits per heavy atom. The molecule has 0 aliphatic heterocycles. The van der Waals surface area contributed by atoms with E-state index in [1.54, 1.807) is 0 Å². The first kappa shape index (κ1) is 14.5. The summed E-state index contributed by atoms with van der Waals surface area (Å²) in [6.07, 6.45) is 0. The van der Waals surface area contributed by atoms with Crippen LogP contribution in [-0.2, 0) is 10.1 Å². The first-order chi connectivity index (χ1) is 6.08. The Hall–Kier alpha value is 0.480. The Morgan fingerprint density at radius 2 is 1.79 bits per heavy atom. The van der Waals surface area contributed by atoms with Crippen LogP contribution in [0.3, 0.4) is 0 Å². The van der Waals surface area contributed by atoms with Gasteiger partial charge >= 0.3 is 29.6 Å². The molecule has 1 aromatic rings. The number of rotatable bonds is 4. The number of benzene rings is 1. The fourth-order valence-corrected chi connectivity index (χ4v) is 2.54. The number of hydrogen-bond acceptors (Lipinski definition) is 3. The van der Waals surface area contributed by atoms with Crippen molar-refractivity contribution in [2.75, 3.05) is 11.5 Å². The maximum atomic E-state index is 10.4. The van der Waals surface area contributed by atoms with Crippen molar-refractivity contribution in [2.24, 2.45) is 0 Å². The van der Waals surface area contributed by atoms with Crippen molar-refractivity contribution >= 4 is 51.4 Å². The Bertz CT molecular complexity index is 350. The molecule has 0 aliphatic carbocycles. The van der Waals surface area contributed by atoms with Crippen LogP contribution in [0, 0.1) is 0 Å². The molecule has 1 aromatic carbocycles. The monoisotopic (exact) mass is 242 g/mol. The fraction of sp³-hybridized carbons (Fsp3) is 0.250. The summed E-state index contributed by atoms with van der Waals surface area (Å²) in [5.41, 5.74) is 0. The summed E-state index contributed by atoms with van der Waals surface area (Å²) in [7, 11) is -3.82. The summed E-state index contributed by atoms with van der Waals surface area (Å²) in [4.78, 5) is 1.01. The van der Waals surface area contributed by atoms with Gasteiger partial charge < -0.3 is 0 Å². The van der Waals surface area contributed by atoms with Crippen LogP contribution in [0.25, 0.3) is 0 Å². The van der Waals surface area contributed by atoms with Crippen molar-refractivity contribution in [1.29, 1.82) is 0 Å². The van der Waals surface area contributed by atoms with Crippen LogP contribution < -0.4 is 0 Å². The SMILES string of the molecule is O=S(=O)(O)CCSc1ccccc1.[NaH]. The van der Waals surface area contributed by atoms with E-state index in [1.807, 2.05) is 30.3 Å². The zero-order chi connectivity index (χ0) is 9.73. The van der Waals surface area contributed by atoms with E-state index >= 15 is 0 Å². The van der Waals surface area contributed by atoms with Gasteiger partial charge in [0.2, 0.25) is 0 Å². The van der Waals surface area contributed by atoms with Crippen LogP contribution in [0.15, 0.2) is 35.2 Å². The topological polar surface area (TPSA) is 54.4 Å². The Morgan fingerprint density at radius 3 is 2.29 bits per heavy atom. The van der Waals surface area contributed by atoms with Gasteiger partial charge in [0.25, 0.3) is 10.1 Å². The molecule has 6 heteroatoms. The van der Waals surface area contributed by atoms with Crippen LogP contribution in [0.4, 0.5) is 0 Å². The number of thioether (sulfide) groups is 1. The van der Waals surface area contributed by atoms with Crippen LogP contribution in [0.1, 0.15) is 0 Å². The van der Waals surface area contributed by atoms with E-state index in [0.29, 0.717) is 5.75 Å². The van der Waals surface area contributed by atoms with Gasteiger partial charge in [-0.1, -0.05) is 18.2 Å². The average Bonchev–Trinajstić information content (AvgIpc) is 2.04. The van der Waals surface area contributed by atoms with E-state index in [9.17, 15) is 8.42 Å². The fourth-order valence-electron chi connectivity index (χ4n) is 0.782. The van der Waals surface area contributed by atoms with Gasteiger partial charge in [0.1, 0.15) is 0 Å². The summed E-state index contributed by atoms with van der Waals surface area (Å²) >= 11 is 1.41. The zero-order valence-electron chi connectivity index (χ0n) is 6.88. The quantitative estimate of drug-likeness (QED) is 0.486. The molecule has 0 amide bonds. The molecule has 0 aliphatic rings. The Balaban J connectivity index is 0.00000169. The Kier molecular flexibility index (Phi) is 7.11. The van der Waals surface area contributed by atoms with E-state index in [2.05, 4.69) is 0 Å². The third kappa shape index (κ3) is 6.86. The molecule has 0 aromatic heterocycles. The van der Waals surface area contributed by atoms with E-state index in [4.69, 9.17) is 4.55 Å². The summed E-state index contributed by atoms with van der Waals surface area (Å²) in [6, 6.07) is 9.46. The molecule has 1 N–H and O–H groups in total. The minimum absolute atomic E-state index is 0. The third-order valence-electron chi connectivity index (χ3n) is 1.35. The predicted molar refractivity (Wildman–Crippen MR) is 60.7 cm³/mol. The van der Waals surface area contributed by atoms with Crippen molar-refractivity contribution in [1.82, 2.24) is 0 Å². The minimum atomic E-state index is -3.82. The molecule has 0 fully saturated rings. The van der Waals surface area contributed by atoms with Gasteiger partial charge in [0.05, 0.1) is 5.75 Å².